The highest BCUT2D eigenvalue weighted by Crippen LogP contribution is 2.41. The third kappa shape index (κ3) is 2.17. The molecule has 0 aliphatic carbocycles. The van der Waals surface area contributed by atoms with E-state index in [1.165, 1.54) is 0 Å². The molecular formula is C8H14F4O2. The van der Waals surface area contributed by atoms with Gasteiger partial charge >= 0.3 is 11.8 Å². The second-order valence-electron chi connectivity index (χ2n) is 3.09. The lowest BCUT2D eigenvalue weighted by molar-refractivity contribution is -0.286. The molecule has 2 N–H and O–H groups in total. The number of hydrogen-bond acceptors (Lipinski definition) is 2. The van der Waals surface area contributed by atoms with E-state index in [2.05, 4.69) is 0 Å². The maximum Gasteiger partial charge on any atom is 0.338 e. The van der Waals surface area contributed by atoms with Crippen molar-refractivity contribution in [1.29, 1.82) is 0 Å². The molecule has 2 nitrogen and oxygen atoms in total. The van der Waals surface area contributed by atoms with Crippen LogP contribution in [0.1, 0.15) is 26.7 Å². The fourth-order valence-electron chi connectivity index (χ4n) is 0.957. The molecule has 0 heterocycles. The standard InChI is InChI=1S/C8H14F4O2/c1-3-5(13)7(9,10)8(11,12)6(14)4-2/h5-6,13-14H,3-4H2,1-2H3. The van der Waals surface area contributed by atoms with Gasteiger partial charge in [-0.2, -0.15) is 17.6 Å². The van der Waals surface area contributed by atoms with Crippen LogP contribution >= 0.6 is 0 Å². The average molecular weight is 218 g/mol. The molecule has 86 valence electrons. The monoisotopic (exact) mass is 218 g/mol. The van der Waals surface area contributed by atoms with Crippen LogP contribution in [0.3, 0.4) is 0 Å². The van der Waals surface area contributed by atoms with Crippen LogP contribution in [0.25, 0.3) is 0 Å². The lowest BCUT2D eigenvalue weighted by Crippen LogP contribution is -2.55. The quantitative estimate of drug-likeness (QED) is 0.691. The van der Waals surface area contributed by atoms with E-state index in [1.807, 2.05) is 0 Å². The first kappa shape index (κ1) is 13.6. The van der Waals surface area contributed by atoms with E-state index in [0.717, 1.165) is 13.8 Å². The van der Waals surface area contributed by atoms with E-state index in [4.69, 9.17) is 10.2 Å². The van der Waals surface area contributed by atoms with Gasteiger partial charge in [0.05, 0.1) is 0 Å². The number of aliphatic hydroxyl groups excluding tert-OH is 2. The normalized spacial score (nSPS) is 18.0. The van der Waals surface area contributed by atoms with E-state index in [0.29, 0.717) is 0 Å². The van der Waals surface area contributed by atoms with E-state index < -0.39 is 36.9 Å². The van der Waals surface area contributed by atoms with Crippen molar-refractivity contribution in [2.24, 2.45) is 0 Å². The highest BCUT2D eigenvalue weighted by molar-refractivity contribution is 4.94. The van der Waals surface area contributed by atoms with Crippen LogP contribution in [-0.4, -0.2) is 34.3 Å². The summed E-state index contributed by atoms with van der Waals surface area (Å²) in [5.41, 5.74) is 0. The van der Waals surface area contributed by atoms with E-state index in [9.17, 15) is 17.6 Å². The summed E-state index contributed by atoms with van der Waals surface area (Å²) in [5.74, 6) is -9.20. The Kier molecular flexibility index (Phi) is 4.33. The molecular weight excluding hydrogens is 204 g/mol. The van der Waals surface area contributed by atoms with E-state index in [1.54, 1.807) is 0 Å². The molecule has 0 aromatic heterocycles. The summed E-state index contributed by atoms with van der Waals surface area (Å²) in [4.78, 5) is 0. The van der Waals surface area contributed by atoms with Crippen molar-refractivity contribution >= 4 is 0 Å². The minimum atomic E-state index is -4.60. The minimum Gasteiger partial charge on any atom is -0.387 e. The predicted molar refractivity (Wildman–Crippen MR) is 42.5 cm³/mol. The number of halogens is 4. The molecule has 0 aliphatic rings. The van der Waals surface area contributed by atoms with Gasteiger partial charge in [0, 0.05) is 0 Å². The smallest absolute Gasteiger partial charge is 0.338 e. The number of alkyl halides is 4. The van der Waals surface area contributed by atoms with Gasteiger partial charge in [-0.1, -0.05) is 13.8 Å². The molecule has 0 aromatic carbocycles. The first-order chi connectivity index (χ1) is 6.21. The highest BCUT2D eigenvalue weighted by Gasteiger charge is 2.63. The summed E-state index contributed by atoms with van der Waals surface area (Å²) in [6, 6.07) is 0. The SMILES string of the molecule is CCC(O)C(F)(F)C(F)(F)C(O)CC. The van der Waals surface area contributed by atoms with Crippen molar-refractivity contribution in [3.63, 3.8) is 0 Å². The van der Waals surface area contributed by atoms with Crippen LogP contribution in [0.2, 0.25) is 0 Å². The summed E-state index contributed by atoms with van der Waals surface area (Å²) in [5, 5.41) is 17.4. The summed E-state index contributed by atoms with van der Waals surface area (Å²) in [6.07, 6.45) is -5.89. The van der Waals surface area contributed by atoms with Crippen molar-refractivity contribution < 1.29 is 27.8 Å². The molecule has 0 bridgehead atoms. The highest BCUT2D eigenvalue weighted by atomic mass is 19.3. The van der Waals surface area contributed by atoms with Crippen LogP contribution in [-0.2, 0) is 0 Å². The van der Waals surface area contributed by atoms with Crippen molar-refractivity contribution in [1.82, 2.24) is 0 Å². The van der Waals surface area contributed by atoms with Gasteiger partial charge in [0.15, 0.2) is 0 Å². The van der Waals surface area contributed by atoms with Crippen LogP contribution in [0, 0.1) is 0 Å². The van der Waals surface area contributed by atoms with Crippen molar-refractivity contribution in [2.75, 3.05) is 0 Å². The fourth-order valence-corrected chi connectivity index (χ4v) is 0.957. The number of aliphatic hydroxyl groups is 2. The molecule has 0 aliphatic heterocycles. The second-order valence-corrected chi connectivity index (χ2v) is 3.09. The summed E-state index contributed by atoms with van der Waals surface area (Å²) >= 11 is 0. The van der Waals surface area contributed by atoms with Crippen LogP contribution in [0.4, 0.5) is 17.6 Å². The van der Waals surface area contributed by atoms with Crippen molar-refractivity contribution in [3.8, 4) is 0 Å². The molecule has 14 heavy (non-hydrogen) atoms. The first-order valence-electron chi connectivity index (χ1n) is 4.33. The maximum absolute atomic E-state index is 12.9. The van der Waals surface area contributed by atoms with Crippen molar-refractivity contribution in [3.05, 3.63) is 0 Å². The molecule has 0 saturated heterocycles. The summed E-state index contributed by atoms with van der Waals surface area (Å²) < 4.78 is 51.5. The number of hydrogen-bond donors (Lipinski definition) is 2. The van der Waals surface area contributed by atoms with Crippen LogP contribution in [0.5, 0.6) is 0 Å². The topological polar surface area (TPSA) is 40.5 Å². The zero-order valence-electron chi connectivity index (χ0n) is 7.98. The lowest BCUT2D eigenvalue weighted by atomic mass is 9.97. The molecule has 0 saturated carbocycles. The van der Waals surface area contributed by atoms with Gasteiger partial charge in [0.25, 0.3) is 0 Å². The molecule has 0 amide bonds. The molecule has 0 radical (unpaired) electrons. The van der Waals surface area contributed by atoms with E-state index in [-0.39, 0.29) is 0 Å². The van der Waals surface area contributed by atoms with Gasteiger partial charge in [0.2, 0.25) is 0 Å². The molecule has 0 spiro atoms. The van der Waals surface area contributed by atoms with Gasteiger partial charge in [-0.3, -0.25) is 0 Å². The molecule has 0 fully saturated rings. The Labute approximate surface area is 79.5 Å². The Hall–Kier alpha value is -0.360. The summed E-state index contributed by atoms with van der Waals surface area (Å²) in [6.45, 7) is 2.32. The molecule has 6 heteroatoms. The maximum atomic E-state index is 12.9. The Morgan fingerprint density at radius 2 is 1.07 bits per heavy atom. The minimum absolute atomic E-state index is 0.501. The number of rotatable bonds is 5. The molecule has 2 unspecified atom stereocenters. The molecule has 0 rings (SSSR count). The predicted octanol–water partition coefficient (Wildman–Crippen LogP) is 1.80. The average Bonchev–Trinajstić information content (AvgIpc) is 2.14. The van der Waals surface area contributed by atoms with Crippen LogP contribution < -0.4 is 0 Å². The second kappa shape index (κ2) is 4.44. The van der Waals surface area contributed by atoms with Gasteiger partial charge in [0.1, 0.15) is 12.2 Å². The molecule has 0 aromatic rings. The Bertz CT molecular complexity index is 164. The molecule has 2 atom stereocenters. The first-order valence-corrected chi connectivity index (χ1v) is 4.33. The third-order valence-electron chi connectivity index (χ3n) is 2.05. The Balaban J connectivity index is 4.85. The van der Waals surface area contributed by atoms with Gasteiger partial charge in [-0.15, -0.1) is 0 Å². The Morgan fingerprint density at radius 1 is 0.857 bits per heavy atom. The fraction of sp³-hybridized carbons (Fsp3) is 1.00. The zero-order valence-corrected chi connectivity index (χ0v) is 7.98. The zero-order chi connectivity index (χ0) is 11.6. The lowest BCUT2D eigenvalue weighted by Gasteiger charge is -2.32. The van der Waals surface area contributed by atoms with Crippen molar-refractivity contribution in [2.45, 2.75) is 50.7 Å². The van der Waals surface area contributed by atoms with Gasteiger partial charge in [-0.25, -0.2) is 0 Å². The summed E-state index contributed by atoms with van der Waals surface area (Å²) in [7, 11) is 0. The largest absolute Gasteiger partial charge is 0.387 e. The van der Waals surface area contributed by atoms with Crippen LogP contribution in [0.15, 0.2) is 0 Å². The van der Waals surface area contributed by atoms with Gasteiger partial charge in [-0.05, 0) is 12.8 Å². The van der Waals surface area contributed by atoms with E-state index >= 15 is 0 Å². The van der Waals surface area contributed by atoms with Gasteiger partial charge < -0.3 is 10.2 Å². The Morgan fingerprint density at radius 3 is 1.21 bits per heavy atom. The third-order valence-corrected chi connectivity index (χ3v) is 2.05.